The monoisotopic (exact) mass is 353 g/mol. The highest BCUT2D eigenvalue weighted by Crippen LogP contribution is 2.18. The van der Waals surface area contributed by atoms with Crippen molar-refractivity contribution in [2.45, 2.75) is 31.6 Å². The van der Waals surface area contributed by atoms with Crippen molar-refractivity contribution in [2.24, 2.45) is 5.14 Å². The van der Waals surface area contributed by atoms with Gasteiger partial charge in [-0.3, -0.25) is 4.79 Å². The second-order valence-electron chi connectivity index (χ2n) is 5.07. The van der Waals surface area contributed by atoms with Crippen LogP contribution >= 0.6 is 11.3 Å². The lowest BCUT2D eigenvalue weighted by Gasteiger charge is -2.05. The molecule has 0 saturated heterocycles. The Labute approximate surface area is 139 Å². The number of benzene rings is 1. The van der Waals surface area contributed by atoms with Crippen LogP contribution in [0.2, 0.25) is 0 Å². The van der Waals surface area contributed by atoms with E-state index in [4.69, 9.17) is 5.14 Å². The van der Waals surface area contributed by atoms with Gasteiger partial charge in [-0.25, -0.2) is 18.5 Å². The number of nitrogens with zero attached hydrogens (tertiary/aromatic N) is 1. The van der Waals surface area contributed by atoms with Crippen LogP contribution in [0.25, 0.3) is 0 Å². The summed E-state index contributed by atoms with van der Waals surface area (Å²) < 4.78 is 22.4. The molecule has 1 amide bonds. The number of carbonyl (C=O) groups excluding carboxylic acids is 1. The summed E-state index contributed by atoms with van der Waals surface area (Å²) >= 11 is 1.41. The van der Waals surface area contributed by atoms with Gasteiger partial charge in [0.1, 0.15) is 4.88 Å². The lowest BCUT2D eigenvalue weighted by atomic mass is 10.1. The van der Waals surface area contributed by atoms with Crippen LogP contribution in [0.4, 0.5) is 0 Å². The van der Waals surface area contributed by atoms with Crippen molar-refractivity contribution in [1.82, 2.24) is 10.3 Å². The van der Waals surface area contributed by atoms with E-state index in [9.17, 15) is 13.2 Å². The van der Waals surface area contributed by atoms with Crippen LogP contribution in [0.1, 0.15) is 32.9 Å². The molecule has 0 unspecified atom stereocenters. The van der Waals surface area contributed by atoms with E-state index in [0.717, 1.165) is 22.7 Å². The molecule has 0 radical (unpaired) electrons. The zero-order valence-corrected chi connectivity index (χ0v) is 14.6. The average molecular weight is 353 g/mol. The molecule has 0 saturated carbocycles. The largest absolute Gasteiger partial charge is 0.351 e. The van der Waals surface area contributed by atoms with Gasteiger partial charge < -0.3 is 5.32 Å². The zero-order chi connectivity index (χ0) is 17.0. The van der Waals surface area contributed by atoms with E-state index < -0.39 is 10.0 Å². The third-order valence-corrected chi connectivity index (χ3v) is 5.53. The molecule has 23 heavy (non-hydrogen) atoms. The van der Waals surface area contributed by atoms with Crippen molar-refractivity contribution in [1.29, 1.82) is 0 Å². The summed E-state index contributed by atoms with van der Waals surface area (Å²) in [5.41, 5.74) is 1.68. The molecule has 0 bridgehead atoms. The Morgan fingerprint density at radius 1 is 1.30 bits per heavy atom. The zero-order valence-electron chi connectivity index (χ0n) is 13.0. The SMILES string of the molecule is CCc1nc(C)c(C(=O)NCCc2ccc(S(N)(=O)=O)cc2)s1. The summed E-state index contributed by atoms with van der Waals surface area (Å²) in [5, 5.41) is 8.86. The highest BCUT2D eigenvalue weighted by atomic mass is 32.2. The van der Waals surface area contributed by atoms with Crippen LogP contribution in [0.15, 0.2) is 29.2 Å². The lowest BCUT2D eigenvalue weighted by molar-refractivity contribution is 0.0957. The smallest absolute Gasteiger partial charge is 0.263 e. The van der Waals surface area contributed by atoms with E-state index in [1.165, 1.54) is 23.5 Å². The molecule has 1 aromatic carbocycles. The highest BCUT2D eigenvalue weighted by Gasteiger charge is 2.14. The molecule has 1 aromatic heterocycles. The Balaban J connectivity index is 1.91. The Kier molecular flexibility index (Phi) is 5.51. The molecular formula is C15H19N3O3S2. The molecule has 6 nitrogen and oxygen atoms in total. The topological polar surface area (TPSA) is 102 Å². The molecule has 0 aliphatic rings. The van der Waals surface area contributed by atoms with Crippen LogP contribution in [0.3, 0.4) is 0 Å². The van der Waals surface area contributed by atoms with Gasteiger partial charge in [-0.1, -0.05) is 19.1 Å². The van der Waals surface area contributed by atoms with Gasteiger partial charge in [0.2, 0.25) is 10.0 Å². The molecule has 1 heterocycles. The van der Waals surface area contributed by atoms with Crippen LogP contribution in [-0.2, 0) is 22.9 Å². The number of carbonyl (C=O) groups is 1. The Morgan fingerprint density at radius 3 is 2.48 bits per heavy atom. The van der Waals surface area contributed by atoms with Crippen molar-refractivity contribution in [3.63, 3.8) is 0 Å². The number of aryl methyl sites for hydroxylation is 2. The number of hydrogen-bond donors (Lipinski definition) is 2. The van der Waals surface area contributed by atoms with Gasteiger partial charge >= 0.3 is 0 Å². The fraction of sp³-hybridized carbons (Fsp3) is 0.333. The molecule has 124 valence electrons. The predicted octanol–water partition coefficient (Wildman–Crippen LogP) is 1.63. The molecule has 2 aromatic rings. The first-order chi connectivity index (χ1) is 10.8. The number of rotatable bonds is 6. The van der Waals surface area contributed by atoms with Gasteiger partial charge in [0.15, 0.2) is 0 Å². The van der Waals surface area contributed by atoms with E-state index in [1.54, 1.807) is 12.1 Å². The second kappa shape index (κ2) is 7.20. The van der Waals surface area contributed by atoms with E-state index in [-0.39, 0.29) is 10.8 Å². The van der Waals surface area contributed by atoms with E-state index >= 15 is 0 Å². The molecule has 0 atom stereocenters. The van der Waals surface area contributed by atoms with E-state index in [0.29, 0.717) is 17.8 Å². The van der Waals surface area contributed by atoms with Gasteiger partial charge in [0, 0.05) is 6.54 Å². The number of nitrogens with two attached hydrogens (primary N) is 1. The quantitative estimate of drug-likeness (QED) is 0.824. The average Bonchev–Trinajstić information content (AvgIpc) is 2.88. The molecule has 8 heteroatoms. The molecule has 0 fully saturated rings. The maximum atomic E-state index is 12.1. The molecular weight excluding hydrogens is 334 g/mol. The molecule has 3 N–H and O–H groups in total. The Morgan fingerprint density at radius 2 is 1.96 bits per heavy atom. The highest BCUT2D eigenvalue weighted by molar-refractivity contribution is 7.89. The number of thiazole rings is 1. The van der Waals surface area contributed by atoms with Crippen molar-refractivity contribution in [3.8, 4) is 0 Å². The normalized spacial score (nSPS) is 11.4. The summed E-state index contributed by atoms with van der Waals surface area (Å²) in [4.78, 5) is 17.2. The fourth-order valence-electron chi connectivity index (χ4n) is 2.06. The number of hydrogen-bond acceptors (Lipinski definition) is 5. The summed E-state index contributed by atoms with van der Waals surface area (Å²) in [7, 11) is -3.67. The summed E-state index contributed by atoms with van der Waals surface area (Å²) in [6.45, 7) is 4.30. The first-order valence-corrected chi connectivity index (χ1v) is 9.53. The first-order valence-electron chi connectivity index (χ1n) is 7.17. The van der Waals surface area contributed by atoms with Crippen LogP contribution in [-0.4, -0.2) is 25.9 Å². The first kappa shape index (κ1) is 17.6. The van der Waals surface area contributed by atoms with Gasteiger partial charge in [-0.2, -0.15) is 0 Å². The standard InChI is InChI=1S/C15H19N3O3S2/c1-3-13-18-10(2)14(22-13)15(19)17-9-8-11-4-6-12(7-5-11)23(16,20)21/h4-7H,3,8-9H2,1-2H3,(H,17,19)(H2,16,20,21). The maximum Gasteiger partial charge on any atom is 0.263 e. The predicted molar refractivity (Wildman–Crippen MR) is 90.1 cm³/mol. The van der Waals surface area contributed by atoms with E-state index in [2.05, 4.69) is 10.3 Å². The Hall–Kier alpha value is -1.77. The second-order valence-corrected chi connectivity index (χ2v) is 7.72. The van der Waals surface area contributed by atoms with Crippen LogP contribution < -0.4 is 10.5 Å². The minimum atomic E-state index is -3.67. The summed E-state index contributed by atoms with van der Waals surface area (Å²) in [5.74, 6) is -0.124. The third-order valence-electron chi connectivity index (χ3n) is 3.30. The van der Waals surface area contributed by atoms with E-state index in [1.807, 2.05) is 13.8 Å². The van der Waals surface area contributed by atoms with Crippen LogP contribution in [0, 0.1) is 6.92 Å². The molecule has 0 spiro atoms. The van der Waals surface area contributed by atoms with Gasteiger partial charge in [0.25, 0.3) is 5.91 Å². The number of nitrogens with one attached hydrogen (secondary N) is 1. The van der Waals surface area contributed by atoms with Gasteiger partial charge in [0.05, 0.1) is 15.6 Å². The lowest BCUT2D eigenvalue weighted by Crippen LogP contribution is -2.25. The molecule has 0 aliphatic carbocycles. The van der Waals surface area contributed by atoms with Crippen molar-refractivity contribution in [3.05, 3.63) is 45.4 Å². The summed E-state index contributed by atoms with van der Waals surface area (Å²) in [6.07, 6.45) is 1.42. The van der Waals surface area contributed by atoms with Gasteiger partial charge in [-0.05, 0) is 37.5 Å². The van der Waals surface area contributed by atoms with Crippen LogP contribution in [0.5, 0.6) is 0 Å². The van der Waals surface area contributed by atoms with Crippen molar-refractivity contribution >= 4 is 27.3 Å². The maximum absolute atomic E-state index is 12.1. The number of amides is 1. The molecule has 0 aliphatic heterocycles. The molecule has 2 rings (SSSR count). The van der Waals surface area contributed by atoms with Gasteiger partial charge in [-0.15, -0.1) is 11.3 Å². The summed E-state index contributed by atoms with van der Waals surface area (Å²) in [6, 6.07) is 6.32. The number of primary sulfonamides is 1. The number of aromatic nitrogens is 1. The van der Waals surface area contributed by atoms with Crippen molar-refractivity contribution < 1.29 is 13.2 Å². The number of sulfonamides is 1. The minimum Gasteiger partial charge on any atom is -0.351 e. The fourth-order valence-corrected chi connectivity index (χ4v) is 3.50. The van der Waals surface area contributed by atoms with Crippen molar-refractivity contribution in [2.75, 3.05) is 6.54 Å². The Bertz CT molecular complexity index is 796. The minimum absolute atomic E-state index is 0.0812. The third kappa shape index (κ3) is 4.60.